The number of hydrogen-bond acceptors (Lipinski definition) is 6. The monoisotopic (exact) mass is 276 g/mol. The summed E-state index contributed by atoms with van der Waals surface area (Å²) in [5, 5.41) is 15.8. The summed E-state index contributed by atoms with van der Waals surface area (Å²) < 4.78 is 0. The minimum atomic E-state index is -0.124. The van der Waals surface area contributed by atoms with Crippen molar-refractivity contribution in [2.24, 2.45) is 5.92 Å². The topological polar surface area (TPSA) is 98.8 Å². The second kappa shape index (κ2) is 5.62. The smallest absolute Gasteiger partial charge is 0.226 e. The number of nitrogens with one attached hydrogen (secondary N) is 3. The van der Waals surface area contributed by atoms with Gasteiger partial charge in [-0.2, -0.15) is 9.97 Å². The maximum absolute atomic E-state index is 9.32. The van der Waals surface area contributed by atoms with Gasteiger partial charge in [0.2, 0.25) is 5.95 Å². The highest BCUT2D eigenvalue weighted by molar-refractivity contribution is 5.83. The number of imidazole rings is 1. The molecule has 0 spiro atoms. The fraction of sp³-hybridized carbons (Fsp3) is 0.615. The summed E-state index contributed by atoms with van der Waals surface area (Å²) in [7, 11) is 0. The molecule has 1 aliphatic carbocycles. The van der Waals surface area contributed by atoms with Gasteiger partial charge in [0.1, 0.15) is 5.52 Å². The van der Waals surface area contributed by atoms with E-state index < -0.39 is 0 Å². The Hall–Kier alpha value is -1.89. The SMILES string of the molecule is CCCNc1nc(NCC2CC(O)C2)c2[nH]cnc2n1. The molecule has 0 amide bonds. The zero-order valence-electron chi connectivity index (χ0n) is 11.6. The molecule has 3 rings (SSSR count). The van der Waals surface area contributed by atoms with Crippen molar-refractivity contribution in [1.82, 2.24) is 19.9 Å². The molecule has 1 fully saturated rings. The Morgan fingerprint density at radius 3 is 2.95 bits per heavy atom. The van der Waals surface area contributed by atoms with Crippen LogP contribution in [0, 0.1) is 5.92 Å². The van der Waals surface area contributed by atoms with E-state index in [1.807, 2.05) is 0 Å². The summed E-state index contributed by atoms with van der Waals surface area (Å²) in [6, 6.07) is 0. The van der Waals surface area contributed by atoms with Crippen LogP contribution in [0.4, 0.5) is 11.8 Å². The van der Waals surface area contributed by atoms with Gasteiger partial charge in [0.05, 0.1) is 12.4 Å². The van der Waals surface area contributed by atoms with Crippen LogP contribution in [0.5, 0.6) is 0 Å². The molecule has 0 bridgehead atoms. The third-order valence-electron chi connectivity index (χ3n) is 3.59. The minimum absolute atomic E-state index is 0.124. The molecule has 4 N–H and O–H groups in total. The fourth-order valence-electron chi connectivity index (χ4n) is 2.39. The van der Waals surface area contributed by atoms with Crippen molar-refractivity contribution in [3.05, 3.63) is 6.33 Å². The molecule has 108 valence electrons. The summed E-state index contributed by atoms with van der Waals surface area (Å²) in [6.45, 7) is 3.75. The van der Waals surface area contributed by atoms with Gasteiger partial charge in [0.15, 0.2) is 11.5 Å². The largest absolute Gasteiger partial charge is 0.393 e. The summed E-state index contributed by atoms with van der Waals surface area (Å²) >= 11 is 0. The fourth-order valence-corrected chi connectivity index (χ4v) is 2.39. The molecule has 2 heterocycles. The van der Waals surface area contributed by atoms with Crippen LogP contribution >= 0.6 is 0 Å². The van der Waals surface area contributed by atoms with Gasteiger partial charge in [-0.1, -0.05) is 6.92 Å². The van der Waals surface area contributed by atoms with Crippen LogP contribution in [0.3, 0.4) is 0 Å². The van der Waals surface area contributed by atoms with Crippen LogP contribution in [0.1, 0.15) is 26.2 Å². The Balaban J connectivity index is 1.74. The number of nitrogens with zero attached hydrogens (tertiary/aromatic N) is 3. The molecule has 0 unspecified atom stereocenters. The molecule has 0 saturated heterocycles. The van der Waals surface area contributed by atoms with Gasteiger partial charge in [-0.05, 0) is 25.2 Å². The lowest BCUT2D eigenvalue weighted by atomic mass is 9.82. The number of hydrogen-bond donors (Lipinski definition) is 4. The van der Waals surface area contributed by atoms with E-state index >= 15 is 0 Å². The quantitative estimate of drug-likeness (QED) is 0.636. The number of rotatable bonds is 6. The zero-order valence-corrected chi connectivity index (χ0v) is 11.6. The summed E-state index contributed by atoms with van der Waals surface area (Å²) in [5.74, 6) is 1.89. The Labute approximate surface area is 117 Å². The molecule has 0 aliphatic heterocycles. The van der Waals surface area contributed by atoms with Crippen molar-refractivity contribution < 1.29 is 5.11 Å². The van der Waals surface area contributed by atoms with Crippen LogP contribution in [-0.2, 0) is 0 Å². The van der Waals surface area contributed by atoms with Gasteiger partial charge in [-0.15, -0.1) is 0 Å². The van der Waals surface area contributed by atoms with Crippen molar-refractivity contribution in [3.8, 4) is 0 Å². The first kappa shape index (κ1) is 13.1. The molecular formula is C13H20N6O. The third kappa shape index (κ3) is 2.67. The van der Waals surface area contributed by atoms with Crippen molar-refractivity contribution in [2.75, 3.05) is 23.7 Å². The number of fused-ring (bicyclic) bond motifs is 1. The molecule has 0 radical (unpaired) electrons. The first-order valence-corrected chi connectivity index (χ1v) is 7.13. The molecule has 7 nitrogen and oxygen atoms in total. The minimum Gasteiger partial charge on any atom is -0.393 e. The van der Waals surface area contributed by atoms with Gasteiger partial charge in [-0.25, -0.2) is 4.98 Å². The molecule has 20 heavy (non-hydrogen) atoms. The van der Waals surface area contributed by atoms with E-state index in [1.165, 1.54) is 0 Å². The molecular weight excluding hydrogens is 256 g/mol. The van der Waals surface area contributed by atoms with Gasteiger partial charge in [0, 0.05) is 13.1 Å². The highest BCUT2D eigenvalue weighted by Crippen LogP contribution is 2.28. The normalized spacial score (nSPS) is 21.7. The number of aromatic nitrogens is 4. The average Bonchev–Trinajstić information content (AvgIpc) is 2.88. The van der Waals surface area contributed by atoms with Gasteiger partial charge in [-0.3, -0.25) is 0 Å². The van der Waals surface area contributed by atoms with Crippen molar-refractivity contribution in [3.63, 3.8) is 0 Å². The maximum Gasteiger partial charge on any atom is 0.226 e. The molecule has 0 atom stereocenters. The van der Waals surface area contributed by atoms with Crippen LogP contribution in [0.2, 0.25) is 0 Å². The van der Waals surface area contributed by atoms with Gasteiger partial charge < -0.3 is 20.7 Å². The highest BCUT2D eigenvalue weighted by Gasteiger charge is 2.27. The number of aromatic amines is 1. The molecule has 1 saturated carbocycles. The highest BCUT2D eigenvalue weighted by atomic mass is 16.3. The lowest BCUT2D eigenvalue weighted by molar-refractivity contribution is 0.0486. The van der Waals surface area contributed by atoms with Crippen molar-refractivity contribution in [2.45, 2.75) is 32.3 Å². The average molecular weight is 276 g/mol. The molecule has 2 aromatic rings. The van der Waals surface area contributed by atoms with E-state index in [1.54, 1.807) is 6.33 Å². The van der Waals surface area contributed by atoms with Crippen LogP contribution in [0.15, 0.2) is 6.33 Å². The second-order valence-corrected chi connectivity index (χ2v) is 5.30. The van der Waals surface area contributed by atoms with E-state index in [9.17, 15) is 5.11 Å². The lowest BCUT2D eigenvalue weighted by Gasteiger charge is -2.31. The molecule has 7 heteroatoms. The predicted octanol–water partition coefficient (Wildman–Crippen LogP) is 1.36. The second-order valence-electron chi connectivity index (χ2n) is 5.30. The molecule has 2 aromatic heterocycles. The van der Waals surface area contributed by atoms with E-state index in [2.05, 4.69) is 37.5 Å². The first-order chi connectivity index (χ1) is 9.76. The van der Waals surface area contributed by atoms with Gasteiger partial charge in [0.25, 0.3) is 0 Å². The number of anilines is 2. The van der Waals surface area contributed by atoms with Crippen LogP contribution in [0.25, 0.3) is 11.2 Å². The summed E-state index contributed by atoms with van der Waals surface area (Å²) in [5.41, 5.74) is 1.49. The number of aliphatic hydroxyl groups is 1. The molecule has 1 aliphatic rings. The number of H-pyrrole nitrogens is 1. The van der Waals surface area contributed by atoms with E-state index in [0.29, 0.717) is 17.5 Å². The summed E-state index contributed by atoms with van der Waals surface area (Å²) in [4.78, 5) is 16.1. The zero-order chi connectivity index (χ0) is 13.9. The van der Waals surface area contributed by atoms with Gasteiger partial charge >= 0.3 is 0 Å². The van der Waals surface area contributed by atoms with Crippen LogP contribution < -0.4 is 10.6 Å². The third-order valence-corrected chi connectivity index (χ3v) is 3.59. The Morgan fingerprint density at radius 2 is 2.20 bits per heavy atom. The molecule has 0 aromatic carbocycles. The summed E-state index contributed by atoms with van der Waals surface area (Å²) in [6.07, 6.45) is 4.25. The van der Waals surface area contributed by atoms with E-state index in [4.69, 9.17) is 0 Å². The predicted molar refractivity (Wildman–Crippen MR) is 77.7 cm³/mol. The van der Waals surface area contributed by atoms with Crippen LogP contribution in [-0.4, -0.2) is 44.2 Å². The Bertz CT molecular complexity index is 577. The van der Waals surface area contributed by atoms with Crippen molar-refractivity contribution in [1.29, 1.82) is 0 Å². The standard InChI is InChI=1S/C13H20N6O/c1-2-3-14-13-18-11(10-12(19-13)17-7-16-10)15-6-8-4-9(20)5-8/h7-9,20H,2-6H2,1H3,(H3,14,15,16,17,18,19). The van der Waals surface area contributed by atoms with Crippen molar-refractivity contribution >= 4 is 22.9 Å². The van der Waals surface area contributed by atoms with E-state index in [-0.39, 0.29) is 6.10 Å². The Kier molecular flexibility index (Phi) is 3.68. The van der Waals surface area contributed by atoms with E-state index in [0.717, 1.165) is 43.7 Å². The Morgan fingerprint density at radius 1 is 1.35 bits per heavy atom. The maximum atomic E-state index is 9.32. The lowest BCUT2D eigenvalue weighted by Crippen LogP contribution is -2.33. The number of aliphatic hydroxyl groups excluding tert-OH is 1. The first-order valence-electron chi connectivity index (χ1n) is 7.13.